The van der Waals surface area contributed by atoms with E-state index in [4.69, 9.17) is 0 Å². The van der Waals surface area contributed by atoms with Crippen molar-refractivity contribution < 1.29 is 15.1 Å². The van der Waals surface area contributed by atoms with Crippen molar-refractivity contribution in [3.8, 4) is 0 Å². The van der Waals surface area contributed by atoms with Gasteiger partial charge in [0.05, 0.1) is 0 Å². The van der Waals surface area contributed by atoms with E-state index >= 15 is 0 Å². The number of amides is 1. The average Bonchev–Trinajstić information content (AvgIpc) is 3.46. The molecule has 0 spiro atoms. The summed E-state index contributed by atoms with van der Waals surface area (Å²) in [6.07, 6.45) is 9.13. The summed E-state index contributed by atoms with van der Waals surface area (Å²) < 4.78 is 0. The van der Waals surface area contributed by atoms with Gasteiger partial charge in [-0.2, -0.15) is 0 Å². The highest BCUT2D eigenvalue weighted by atomic mass is 16.2. The maximum atomic E-state index is 13.5. The van der Waals surface area contributed by atoms with E-state index in [-0.39, 0.29) is 29.1 Å². The molecule has 3 unspecified atom stereocenters. The molecule has 0 aromatic heterocycles. The molecule has 3 N–H and O–H groups in total. The SMILES string of the molecule is CC.CCC1C(=O)C2=C(NC(CCC3CCCC3)C2Cc2ccccc2)N(CC(C)C)C1=O.O. The van der Waals surface area contributed by atoms with E-state index in [9.17, 15) is 9.59 Å². The minimum absolute atomic E-state index is 0. The third-order valence-electron chi connectivity index (χ3n) is 7.46. The summed E-state index contributed by atoms with van der Waals surface area (Å²) in [6, 6.07) is 10.7. The summed E-state index contributed by atoms with van der Waals surface area (Å²) >= 11 is 0. The maximum absolute atomic E-state index is 13.5. The van der Waals surface area contributed by atoms with E-state index in [1.165, 1.54) is 37.7 Å². The molecular weight excluding hydrogens is 424 g/mol. The third-order valence-corrected chi connectivity index (χ3v) is 7.46. The van der Waals surface area contributed by atoms with Crippen LogP contribution in [0.25, 0.3) is 0 Å². The van der Waals surface area contributed by atoms with Crippen LogP contribution in [0, 0.1) is 23.7 Å². The van der Waals surface area contributed by atoms with E-state index in [1.54, 1.807) is 0 Å². The van der Waals surface area contributed by atoms with E-state index in [0.717, 1.165) is 30.2 Å². The molecule has 3 atom stereocenters. The predicted octanol–water partition coefficient (Wildman–Crippen LogP) is 5.29. The Hall–Kier alpha value is -2.14. The van der Waals surface area contributed by atoms with Gasteiger partial charge >= 0.3 is 0 Å². The van der Waals surface area contributed by atoms with Gasteiger partial charge in [0.15, 0.2) is 5.78 Å². The Bertz CT molecular complexity index is 827. The van der Waals surface area contributed by atoms with Crippen LogP contribution < -0.4 is 5.32 Å². The Kier molecular flexibility index (Phi) is 10.8. The molecule has 5 heteroatoms. The predicted molar refractivity (Wildman–Crippen MR) is 139 cm³/mol. The van der Waals surface area contributed by atoms with Crippen LogP contribution in [0.1, 0.15) is 85.1 Å². The molecule has 5 nitrogen and oxygen atoms in total. The second kappa shape index (κ2) is 13.1. The molecule has 1 saturated carbocycles. The van der Waals surface area contributed by atoms with E-state index < -0.39 is 5.92 Å². The molecule has 1 aromatic carbocycles. The van der Waals surface area contributed by atoms with Gasteiger partial charge in [0.1, 0.15) is 11.7 Å². The Labute approximate surface area is 206 Å². The normalized spacial score (nSPS) is 24.5. The van der Waals surface area contributed by atoms with Crippen molar-refractivity contribution in [1.29, 1.82) is 0 Å². The number of rotatable bonds is 8. The molecule has 3 aliphatic rings. The number of hydrogen-bond acceptors (Lipinski definition) is 3. The lowest BCUT2D eigenvalue weighted by atomic mass is 9.79. The summed E-state index contributed by atoms with van der Waals surface area (Å²) in [5, 5.41) is 3.71. The fraction of sp³-hybridized carbons (Fsp3) is 0.655. The molecule has 1 fully saturated rings. The largest absolute Gasteiger partial charge is 0.412 e. The molecule has 1 amide bonds. The van der Waals surface area contributed by atoms with Crippen LogP contribution in [-0.2, 0) is 16.0 Å². The lowest BCUT2D eigenvalue weighted by Gasteiger charge is -2.34. The molecule has 190 valence electrons. The number of ketones is 1. The Morgan fingerprint density at radius 3 is 2.26 bits per heavy atom. The zero-order valence-electron chi connectivity index (χ0n) is 21.9. The van der Waals surface area contributed by atoms with Gasteiger partial charge in [-0.15, -0.1) is 0 Å². The Morgan fingerprint density at radius 1 is 1.03 bits per heavy atom. The van der Waals surface area contributed by atoms with Gasteiger partial charge in [0.25, 0.3) is 0 Å². The summed E-state index contributed by atoms with van der Waals surface area (Å²) in [7, 11) is 0. The number of benzene rings is 1. The minimum atomic E-state index is -0.522. The van der Waals surface area contributed by atoms with Gasteiger partial charge < -0.3 is 10.8 Å². The van der Waals surface area contributed by atoms with E-state index in [1.807, 2.05) is 31.7 Å². The molecule has 0 radical (unpaired) electrons. The number of carbonyl (C=O) groups is 2. The quantitative estimate of drug-likeness (QED) is 0.524. The number of nitrogens with one attached hydrogen (secondary N) is 1. The van der Waals surface area contributed by atoms with Crippen LogP contribution in [-0.4, -0.2) is 34.7 Å². The zero-order chi connectivity index (χ0) is 24.0. The summed E-state index contributed by atoms with van der Waals surface area (Å²) in [6.45, 7) is 10.9. The number of nitrogens with zero attached hydrogens (tertiary/aromatic N) is 1. The molecule has 4 rings (SSSR count). The first-order valence-corrected chi connectivity index (χ1v) is 13.4. The molecule has 2 aliphatic heterocycles. The molecule has 0 saturated heterocycles. The lowest BCUT2D eigenvalue weighted by Crippen LogP contribution is -2.48. The molecule has 1 aromatic rings. The highest BCUT2D eigenvalue weighted by molar-refractivity contribution is 6.13. The van der Waals surface area contributed by atoms with Crippen LogP contribution >= 0.6 is 0 Å². The number of Topliss-reactive ketones (excluding diaryl/α,β-unsaturated/α-hetero) is 1. The van der Waals surface area contributed by atoms with Crippen molar-refractivity contribution in [2.24, 2.45) is 23.7 Å². The van der Waals surface area contributed by atoms with Gasteiger partial charge in [-0.1, -0.05) is 90.6 Å². The summed E-state index contributed by atoms with van der Waals surface area (Å²) in [5.41, 5.74) is 2.16. The van der Waals surface area contributed by atoms with E-state index in [2.05, 4.69) is 43.4 Å². The van der Waals surface area contributed by atoms with Crippen LogP contribution in [0.5, 0.6) is 0 Å². The van der Waals surface area contributed by atoms with Crippen molar-refractivity contribution in [2.45, 2.75) is 92.0 Å². The smallest absolute Gasteiger partial charge is 0.239 e. The molecular formula is C29H46N2O3. The molecule has 2 heterocycles. The molecule has 34 heavy (non-hydrogen) atoms. The monoisotopic (exact) mass is 470 g/mol. The highest BCUT2D eigenvalue weighted by Crippen LogP contribution is 2.40. The highest BCUT2D eigenvalue weighted by Gasteiger charge is 2.48. The van der Waals surface area contributed by atoms with Gasteiger partial charge in [-0.25, -0.2) is 0 Å². The maximum Gasteiger partial charge on any atom is 0.239 e. The van der Waals surface area contributed by atoms with Crippen LogP contribution in [0.4, 0.5) is 0 Å². The first kappa shape index (κ1) is 28.1. The summed E-state index contributed by atoms with van der Waals surface area (Å²) in [5.74, 6) is 1.68. The second-order valence-corrected chi connectivity index (χ2v) is 10.2. The minimum Gasteiger partial charge on any atom is -0.412 e. The van der Waals surface area contributed by atoms with Crippen molar-refractivity contribution in [3.05, 3.63) is 47.3 Å². The fourth-order valence-electron chi connectivity index (χ4n) is 5.86. The van der Waals surface area contributed by atoms with Gasteiger partial charge in [-0.3, -0.25) is 14.5 Å². The van der Waals surface area contributed by atoms with Crippen molar-refractivity contribution in [2.75, 3.05) is 6.54 Å². The average molecular weight is 471 g/mol. The molecule has 1 aliphatic carbocycles. The van der Waals surface area contributed by atoms with E-state index in [0.29, 0.717) is 18.9 Å². The van der Waals surface area contributed by atoms with Gasteiger partial charge in [0, 0.05) is 24.1 Å². The number of carbonyl (C=O) groups excluding carboxylic acids is 2. The number of hydrogen-bond donors (Lipinski definition) is 1. The first-order chi connectivity index (χ1) is 16.0. The topological polar surface area (TPSA) is 80.9 Å². The summed E-state index contributed by atoms with van der Waals surface area (Å²) in [4.78, 5) is 28.7. The van der Waals surface area contributed by atoms with Gasteiger partial charge in [-0.05, 0) is 43.1 Å². The van der Waals surface area contributed by atoms with Crippen LogP contribution in [0.15, 0.2) is 41.7 Å². The van der Waals surface area contributed by atoms with Crippen LogP contribution in [0.2, 0.25) is 0 Å². The van der Waals surface area contributed by atoms with Gasteiger partial charge in [0.2, 0.25) is 5.91 Å². The second-order valence-electron chi connectivity index (χ2n) is 10.2. The molecule has 0 bridgehead atoms. The third kappa shape index (κ3) is 6.10. The first-order valence-electron chi connectivity index (χ1n) is 13.4. The Morgan fingerprint density at radius 2 is 1.68 bits per heavy atom. The lowest BCUT2D eigenvalue weighted by molar-refractivity contribution is -0.141. The van der Waals surface area contributed by atoms with Crippen molar-refractivity contribution in [1.82, 2.24) is 10.2 Å². The fourth-order valence-corrected chi connectivity index (χ4v) is 5.86. The van der Waals surface area contributed by atoms with Crippen LogP contribution in [0.3, 0.4) is 0 Å². The zero-order valence-corrected chi connectivity index (χ0v) is 21.9. The Balaban J connectivity index is 0.00000133. The standard InChI is InChI=1S/C27H38N2O2.C2H6.H2O/c1-4-21-25(30)24-22(16-20-12-6-5-7-13-20)23(15-14-19-10-8-9-11-19)28-26(24)29(27(21)31)17-18(2)3;1-2;/h5-7,12-13,18-19,21-23,28H,4,8-11,14-17H2,1-3H3;1-2H3;1H2. The van der Waals surface area contributed by atoms with Crippen molar-refractivity contribution >= 4 is 11.7 Å². The van der Waals surface area contributed by atoms with Crippen molar-refractivity contribution in [3.63, 3.8) is 0 Å².